The maximum absolute atomic E-state index is 11.4. The quantitative estimate of drug-likeness (QED) is 0.370. The second-order valence-electron chi connectivity index (χ2n) is 8.28. The first-order chi connectivity index (χ1) is 13.3. The summed E-state index contributed by atoms with van der Waals surface area (Å²) < 4.78 is 0. The lowest BCUT2D eigenvalue weighted by atomic mass is 9.91. The molecule has 2 atom stereocenters. The summed E-state index contributed by atoms with van der Waals surface area (Å²) >= 11 is 0. The monoisotopic (exact) mass is 390 g/mol. The summed E-state index contributed by atoms with van der Waals surface area (Å²) in [5.74, 6) is 0.404. The standard InChI is InChI=1S/C23H34O5/c1-17(10-6-7-11-19-12-14-20(24)15-13-19)9-5-4-8-16-23(3)21(25)18(2)22(26)27-28-23/h12-15,17,24-25H,4-11,16H2,1-3H3/t17-,23+/m0/s1. The molecule has 0 bridgehead atoms. The first-order valence-electron chi connectivity index (χ1n) is 10.4. The zero-order valence-electron chi connectivity index (χ0n) is 17.4. The average molecular weight is 391 g/mol. The van der Waals surface area contributed by atoms with Gasteiger partial charge in [-0.05, 0) is 63.1 Å². The number of aliphatic hydroxyl groups excluding tert-OH is 1. The molecule has 0 saturated carbocycles. The zero-order valence-corrected chi connectivity index (χ0v) is 17.4. The van der Waals surface area contributed by atoms with Gasteiger partial charge in [0.05, 0.1) is 5.57 Å². The molecule has 5 nitrogen and oxygen atoms in total. The molecule has 1 aliphatic heterocycles. The van der Waals surface area contributed by atoms with Gasteiger partial charge < -0.3 is 10.2 Å². The van der Waals surface area contributed by atoms with Gasteiger partial charge in [0, 0.05) is 0 Å². The molecule has 0 radical (unpaired) electrons. The molecule has 0 fully saturated rings. The Kier molecular flexibility index (Phi) is 8.36. The number of rotatable bonds is 11. The predicted molar refractivity (Wildman–Crippen MR) is 109 cm³/mol. The zero-order chi connectivity index (χ0) is 20.6. The number of phenols is 1. The van der Waals surface area contributed by atoms with Crippen LogP contribution in [0.2, 0.25) is 0 Å². The fraction of sp³-hybridized carbons (Fsp3) is 0.609. The van der Waals surface area contributed by atoms with Crippen LogP contribution in [0.4, 0.5) is 0 Å². The number of carbonyl (C=O) groups is 1. The normalized spacial score (nSPS) is 20.9. The number of aliphatic hydroxyl groups is 1. The first kappa shape index (κ1) is 22.3. The van der Waals surface area contributed by atoms with E-state index in [1.165, 1.54) is 31.2 Å². The van der Waals surface area contributed by atoms with E-state index >= 15 is 0 Å². The molecule has 2 N–H and O–H groups in total. The summed E-state index contributed by atoms with van der Waals surface area (Å²) in [7, 11) is 0. The minimum atomic E-state index is -0.919. The molecule has 2 rings (SSSR count). The molecule has 0 spiro atoms. The number of aromatic hydroxyl groups is 1. The summed E-state index contributed by atoms with van der Waals surface area (Å²) in [5.41, 5.74) is 0.592. The van der Waals surface area contributed by atoms with Crippen molar-refractivity contribution in [3.8, 4) is 5.75 Å². The van der Waals surface area contributed by atoms with Crippen LogP contribution in [0.5, 0.6) is 5.75 Å². The van der Waals surface area contributed by atoms with Crippen molar-refractivity contribution in [3.05, 3.63) is 41.2 Å². The van der Waals surface area contributed by atoms with Crippen LogP contribution in [-0.4, -0.2) is 21.8 Å². The number of aryl methyl sites for hydroxylation is 1. The van der Waals surface area contributed by atoms with Crippen LogP contribution in [0.15, 0.2) is 35.6 Å². The number of carbonyl (C=O) groups excluding carboxylic acids is 1. The number of hydrogen-bond donors (Lipinski definition) is 2. The molecule has 1 aromatic rings. The van der Waals surface area contributed by atoms with E-state index in [1.807, 2.05) is 12.1 Å². The van der Waals surface area contributed by atoms with Crippen molar-refractivity contribution in [3.63, 3.8) is 0 Å². The highest BCUT2D eigenvalue weighted by molar-refractivity contribution is 5.88. The van der Waals surface area contributed by atoms with Gasteiger partial charge in [0.25, 0.3) is 0 Å². The van der Waals surface area contributed by atoms with Gasteiger partial charge in [0.15, 0.2) is 5.60 Å². The summed E-state index contributed by atoms with van der Waals surface area (Å²) in [6.45, 7) is 5.63. The molecule has 0 aromatic heterocycles. The van der Waals surface area contributed by atoms with Crippen LogP contribution in [0.3, 0.4) is 0 Å². The highest BCUT2D eigenvalue weighted by Crippen LogP contribution is 2.33. The van der Waals surface area contributed by atoms with E-state index in [0.29, 0.717) is 18.1 Å². The van der Waals surface area contributed by atoms with Crippen molar-refractivity contribution in [1.29, 1.82) is 0 Å². The van der Waals surface area contributed by atoms with Crippen LogP contribution in [0.1, 0.15) is 77.7 Å². The van der Waals surface area contributed by atoms with E-state index in [0.717, 1.165) is 25.7 Å². The first-order valence-corrected chi connectivity index (χ1v) is 10.4. The minimum Gasteiger partial charge on any atom is -0.509 e. The summed E-state index contributed by atoms with van der Waals surface area (Å²) in [4.78, 5) is 21.2. The fourth-order valence-electron chi connectivity index (χ4n) is 3.65. The van der Waals surface area contributed by atoms with Crippen LogP contribution >= 0.6 is 0 Å². The molecule has 5 heteroatoms. The SMILES string of the molecule is CC1=C(O)[C@@](C)(CCCCC[C@H](C)CCCCc2ccc(O)cc2)OOC1=O. The smallest absolute Gasteiger partial charge is 0.372 e. The Morgan fingerprint density at radius 1 is 1.00 bits per heavy atom. The second-order valence-corrected chi connectivity index (χ2v) is 8.28. The minimum absolute atomic E-state index is 0.00857. The number of hydrogen-bond acceptors (Lipinski definition) is 5. The van der Waals surface area contributed by atoms with Crippen LogP contribution < -0.4 is 0 Å². The van der Waals surface area contributed by atoms with Crippen LogP contribution in [-0.2, 0) is 21.0 Å². The van der Waals surface area contributed by atoms with Gasteiger partial charge in [-0.3, -0.25) is 4.89 Å². The third-order valence-corrected chi connectivity index (χ3v) is 5.66. The predicted octanol–water partition coefficient (Wildman–Crippen LogP) is 5.77. The van der Waals surface area contributed by atoms with Crippen molar-refractivity contribution < 1.29 is 24.8 Å². The molecular formula is C23H34O5. The molecule has 28 heavy (non-hydrogen) atoms. The van der Waals surface area contributed by atoms with Crippen molar-refractivity contribution in [2.45, 2.75) is 84.2 Å². The molecule has 0 amide bonds. The highest BCUT2D eigenvalue weighted by atomic mass is 17.2. The van der Waals surface area contributed by atoms with E-state index in [-0.39, 0.29) is 11.3 Å². The topological polar surface area (TPSA) is 76.0 Å². The molecule has 156 valence electrons. The lowest BCUT2D eigenvalue weighted by Gasteiger charge is -2.31. The molecular weight excluding hydrogens is 356 g/mol. The molecule has 1 aromatic carbocycles. The Hall–Kier alpha value is -2.01. The third-order valence-electron chi connectivity index (χ3n) is 5.66. The Morgan fingerprint density at radius 2 is 1.64 bits per heavy atom. The lowest BCUT2D eigenvalue weighted by molar-refractivity contribution is -0.331. The van der Waals surface area contributed by atoms with E-state index in [1.54, 1.807) is 26.0 Å². The lowest BCUT2D eigenvalue weighted by Crippen LogP contribution is -2.38. The van der Waals surface area contributed by atoms with Crippen molar-refractivity contribution >= 4 is 5.97 Å². The molecule has 1 heterocycles. The largest absolute Gasteiger partial charge is 0.509 e. The van der Waals surface area contributed by atoms with Gasteiger partial charge >= 0.3 is 5.97 Å². The molecule has 1 aliphatic rings. The average Bonchev–Trinajstić information content (AvgIpc) is 2.68. The Balaban J connectivity index is 1.55. The fourth-order valence-corrected chi connectivity index (χ4v) is 3.65. The van der Waals surface area contributed by atoms with E-state index in [4.69, 9.17) is 9.78 Å². The molecule has 0 unspecified atom stereocenters. The Labute approximate surface area is 168 Å². The van der Waals surface area contributed by atoms with Crippen molar-refractivity contribution in [2.24, 2.45) is 5.92 Å². The van der Waals surface area contributed by atoms with E-state index < -0.39 is 11.6 Å². The summed E-state index contributed by atoms with van der Waals surface area (Å²) in [5, 5.41) is 19.5. The van der Waals surface area contributed by atoms with E-state index in [2.05, 4.69) is 6.92 Å². The summed E-state index contributed by atoms with van der Waals surface area (Å²) in [6.07, 6.45) is 9.65. The highest BCUT2D eigenvalue weighted by Gasteiger charge is 2.40. The van der Waals surface area contributed by atoms with Crippen LogP contribution in [0.25, 0.3) is 0 Å². The van der Waals surface area contributed by atoms with E-state index in [9.17, 15) is 15.0 Å². The maximum atomic E-state index is 11.4. The number of unbranched alkanes of at least 4 members (excludes halogenated alkanes) is 3. The third kappa shape index (κ3) is 6.55. The van der Waals surface area contributed by atoms with Gasteiger partial charge in [-0.25, -0.2) is 4.79 Å². The van der Waals surface area contributed by atoms with Crippen LogP contribution in [0, 0.1) is 5.92 Å². The maximum Gasteiger partial charge on any atom is 0.372 e. The second kappa shape index (κ2) is 10.5. The molecule has 0 aliphatic carbocycles. The number of phenolic OH excluding ortho intramolecular Hbond substituents is 1. The van der Waals surface area contributed by atoms with Gasteiger partial charge in [0.2, 0.25) is 0 Å². The van der Waals surface area contributed by atoms with Crippen molar-refractivity contribution in [2.75, 3.05) is 0 Å². The van der Waals surface area contributed by atoms with Gasteiger partial charge in [-0.15, -0.1) is 0 Å². The Bertz CT molecular complexity index is 664. The number of benzene rings is 1. The molecule has 0 saturated heterocycles. The van der Waals surface area contributed by atoms with Crippen molar-refractivity contribution in [1.82, 2.24) is 0 Å². The van der Waals surface area contributed by atoms with Gasteiger partial charge in [-0.2, -0.15) is 4.89 Å². The Morgan fingerprint density at radius 3 is 2.32 bits per heavy atom. The van der Waals surface area contributed by atoms with Gasteiger partial charge in [-0.1, -0.05) is 51.2 Å². The van der Waals surface area contributed by atoms with Gasteiger partial charge in [0.1, 0.15) is 11.5 Å². The summed E-state index contributed by atoms with van der Waals surface area (Å²) in [6, 6.07) is 7.48.